The van der Waals surface area contributed by atoms with Crippen molar-refractivity contribution in [3.63, 3.8) is 0 Å². The summed E-state index contributed by atoms with van der Waals surface area (Å²) in [5.74, 6) is 0.173. The van der Waals surface area contributed by atoms with Crippen LogP contribution in [0.3, 0.4) is 0 Å². The van der Waals surface area contributed by atoms with Gasteiger partial charge in [0.15, 0.2) is 5.65 Å². The highest BCUT2D eigenvalue weighted by Crippen LogP contribution is 2.23. The molecule has 0 aliphatic heterocycles. The van der Waals surface area contributed by atoms with Crippen LogP contribution in [0.5, 0.6) is 0 Å². The van der Waals surface area contributed by atoms with Crippen LogP contribution in [0.25, 0.3) is 22.6 Å². The van der Waals surface area contributed by atoms with Crippen molar-refractivity contribution < 1.29 is 9.18 Å². The molecule has 26 heavy (non-hydrogen) atoms. The number of nitrogens with zero attached hydrogens (tertiary/aromatic N) is 2. The molecule has 134 valence electrons. The topological polar surface area (TPSA) is 70.7 Å². The van der Waals surface area contributed by atoms with E-state index >= 15 is 0 Å². The number of fused-ring (bicyclic) bond motifs is 1. The van der Waals surface area contributed by atoms with Gasteiger partial charge in [-0.05, 0) is 43.2 Å². The maximum Gasteiger partial charge on any atom is 0.253 e. The average Bonchev–Trinajstić information content (AvgIpc) is 2.92. The van der Waals surface area contributed by atoms with Gasteiger partial charge in [0.25, 0.3) is 5.91 Å². The second-order valence-corrected chi connectivity index (χ2v) is 6.81. The zero-order valence-corrected chi connectivity index (χ0v) is 14.5. The Morgan fingerprint density at radius 3 is 2.54 bits per heavy atom. The molecule has 0 atom stereocenters. The summed E-state index contributed by atoms with van der Waals surface area (Å²) in [6.45, 7) is 0. The molecule has 0 saturated heterocycles. The molecule has 2 heterocycles. The van der Waals surface area contributed by atoms with Crippen molar-refractivity contribution >= 4 is 17.1 Å². The van der Waals surface area contributed by atoms with Crippen molar-refractivity contribution in [2.45, 2.75) is 44.6 Å². The van der Waals surface area contributed by atoms with Crippen LogP contribution in [-0.4, -0.2) is 26.9 Å². The third-order valence-corrected chi connectivity index (χ3v) is 4.94. The van der Waals surface area contributed by atoms with E-state index in [0.717, 1.165) is 31.2 Å². The molecule has 0 unspecified atom stereocenters. The number of rotatable bonds is 3. The highest BCUT2D eigenvalue weighted by Gasteiger charge is 2.19. The number of aromatic amines is 1. The molecular weight excluding hydrogens is 331 g/mol. The van der Waals surface area contributed by atoms with Crippen LogP contribution >= 0.6 is 0 Å². The van der Waals surface area contributed by atoms with Crippen LogP contribution in [-0.2, 0) is 0 Å². The fourth-order valence-electron chi connectivity index (χ4n) is 3.53. The van der Waals surface area contributed by atoms with Crippen LogP contribution in [0.2, 0.25) is 0 Å². The molecular formula is C20H21FN4O. The van der Waals surface area contributed by atoms with Gasteiger partial charge in [-0.25, -0.2) is 14.4 Å². The molecule has 1 aliphatic rings. The summed E-state index contributed by atoms with van der Waals surface area (Å²) >= 11 is 0. The summed E-state index contributed by atoms with van der Waals surface area (Å²) in [6.07, 6.45) is 8.47. The number of imidazole rings is 1. The van der Waals surface area contributed by atoms with Gasteiger partial charge in [0, 0.05) is 17.8 Å². The largest absolute Gasteiger partial charge is 0.349 e. The Labute approximate surface area is 151 Å². The fourth-order valence-corrected chi connectivity index (χ4v) is 3.53. The summed E-state index contributed by atoms with van der Waals surface area (Å²) in [6, 6.07) is 8.01. The van der Waals surface area contributed by atoms with E-state index in [-0.39, 0.29) is 17.8 Å². The van der Waals surface area contributed by atoms with Crippen molar-refractivity contribution in [1.29, 1.82) is 0 Å². The van der Waals surface area contributed by atoms with Gasteiger partial charge in [-0.2, -0.15) is 0 Å². The van der Waals surface area contributed by atoms with Gasteiger partial charge in [-0.3, -0.25) is 4.79 Å². The predicted octanol–water partition coefficient (Wildman–Crippen LogP) is 4.22. The lowest BCUT2D eigenvalue weighted by Gasteiger charge is -2.16. The molecule has 1 fully saturated rings. The molecule has 1 saturated carbocycles. The van der Waals surface area contributed by atoms with E-state index in [1.807, 2.05) is 0 Å². The smallest absolute Gasteiger partial charge is 0.253 e. The number of halogens is 1. The quantitative estimate of drug-likeness (QED) is 0.694. The first kappa shape index (κ1) is 16.7. The molecule has 0 radical (unpaired) electrons. The molecule has 0 spiro atoms. The Balaban J connectivity index is 1.62. The number of carbonyl (C=O) groups excluding carboxylic acids is 1. The predicted molar refractivity (Wildman–Crippen MR) is 98.2 cm³/mol. The molecule has 1 amide bonds. The third-order valence-electron chi connectivity index (χ3n) is 4.94. The first-order valence-electron chi connectivity index (χ1n) is 9.12. The molecule has 2 aromatic heterocycles. The minimum absolute atomic E-state index is 0.0985. The standard InChI is InChI=1S/C20H21FN4O/c21-14-9-7-13(8-10-14)18-24-17-16(11-12-22-19(17)25-18)20(26)23-15-5-3-1-2-4-6-15/h7-12,15H,1-6H2,(H,23,26)(H,22,24,25). The lowest BCUT2D eigenvalue weighted by Crippen LogP contribution is -2.34. The number of aromatic nitrogens is 3. The number of carbonyl (C=O) groups is 1. The minimum atomic E-state index is -0.300. The van der Waals surface area contributed by atoms with E-state index in [2.05, 4.69) is 20.3 Å². The van der Waals surface area contributed by atoms with Crippen LogP contribution in [0.15, 0.2) is 36.5 Å². The molecule has 1 aromatic carbocycles. The number of nitrogens with one attached hydrogen (secondary N) is 2. The van der Waals surface area contributed by atoms with E-state index in [1.165, 1.54) is 25.0 Å². The summed E-state index contributed by atoms with van der Waals surface area (Å²) in [4.78, 5) is 24.7. The normalized spacial score (nSPS) is 15.7. The zero-order valence-electron chi connectivity index (χ0n) is 14.5. The van der Waals surface area contributed by atoms with Crippen LogP contribution < -0.4 is 5.32 Å². The van der Waals surface area contributed by atoms with Crippen molar-refractivity contribution in [1.82, 2.24) is 20.3 Å². The van der Waals surface area contributed by atoms with Crippen molar-refractivity contribution in [2.24, 2.45) is 0 Å². The van der Waals surface area contributed by atoms with Gasteiger partial charge in [0.05, 0.1) is 11.1 Å². The van der Waals surface area contributed by atoms with E-state index in [4.69, 9.17) is 0 Å². The van der Waals surface area contributed by atoms with Gasteiger partial charge < -0.3 is 10.3 Å². The average molecular weight is 352 g/mol. The number of H-pyrrole nitrogens is 1. The Kier molecular flexibility index (Phi) is 4.65. The molecule has 2 N–H and O–H groups in total. The lowest BCUT2D eigenvalue weighted by atomic mass is 10.1. The van der Waals surface area contributed by atoms with Crippen molar-refractivity contribution in [3.05, 3.63) is 47.9 Å². The molecule has 0 bridgehead atoms. The maximum atomic E-state index is 13.1. The third kappa shape index (κ3) is 3.45. The van der Waals surface area contributed by atoms with Gasteiger partial charge in [-0.15, -0.1) is 0 Å². The molecule has 6 heteroatoms. The minimum Gasteiger partial charge on any atom is -0.349 e. The highest BCUT2D eigenvalue weighted by atomic mass is 19.1. The number of hydrogen-bond acceptors (Lipinski definition) is 3. The molecule has 5 nitrogen and oxygen atoms in total. The second-order valence-electron chi connectivity index (χ2n) is 6.81. The fraction of sp³-hybridized carbons (Fsp3) is 0.350. The Morgan fingerprint density at radius 2 is 1.81 bits per heavy atom. The zero-order chi connectivity index (χ0) is 17.9. The Bertz CT molecular complexity index is 911. The summed E-state index contributed by atoms with van der Waals surface area (Å²) in [7, 11) is 0. The van der Waals surface area contributed by atoms with Gasteiger partial charge in [0.1, 0.15) is 11.6 Å². The second kappa shape index (κ2) is 7.23. The maximum absolute atomic E-state index is 13.1. The number of hydrogen-bond donors (Lipinski definition) is 2. The number of amides is 1. The monoisotopic (exact) mass is 352 g/mol. The molecule has 1 aliphatic carbocycles. The Hall–Kier alpha value is -2.76. The molecule has 3 aromatic rings. The van der Waals surface area contributed by atoms with Gasteiger partial charge in [-0.1, -0.05) is 25.7 Å². The van der Waals surface area contributed by atoms with Crippen LogP contribution in [0, 0.1) is 5.82 Å². The first-order chi connectivity index (χ1) is 12.7. The van der Waals surface area contributed by atoms with Crippen molar-refractivity contribution in [2.75, 3.05) is 0 Å². The van der Waals surface area contributed by atoms with Crippen LogP contribution in [0.1, 0.15) is 48.9 Å². The van der Waals surface area contributed by atoms with E-state index in [9.17, 15) is 9.18 Å². The lowest BCUT2D eigenvalue weighted by molar-refractivity contribution is 0.0935. The molecule has 4 rings (SSSR count). The number of pyridine rings is 1. The van der Waals surface area contributed by atoms with E-state index in [0.29, 0.717) is 22.6 Å². The van der Waals surface area contributed by atoms with Gasteiger partial charge in [0.2, 0.25) is 0 Å². The van der Waals surface area contributed by atoms with E-state index in [1.54, 1.807) is 24.4 Å². The number of benzene rings is 1. The van der Waals surface area contributed by atoms with Crippen LogP contribution in [0.4, 0.5) is 4.39 Å². The van der Waals surface area contributed by atoms with E-state index < -0.39 is 0 Å². The summed E-state index contributed by atoms with van der Waals surface area (Å²) in [5.41, 5.74) is 2.38. The SMILES string of the molecule is O=C(NC1CCCCCC1)c1ccnc2nc(-c3ccc(F)cc3)[nH]c12. The Morgan fingerprint density at radius 1 is 1.08 bits per heavy atom. The summed E-state index contributed by atoms with van der Waals surface area (Å²) in [5, 5.41) is 3.16. The highest BCUT2D eigenvalue weighted by molar-refractivity contribution is 6.04. The summed E-state index contributed by atoms with van der Waals surface area (Å²) < 4.78 is 13.1. The first-order valence-corrected chi connectivity index (χ1v) is 9.12. The van der Waals surface area contributed by atoms with Crippen molar-refractivity contribution in [3.8, 4) is 11.4 Å². The van der Waals surface area contributed by atoms with Gasteiger partial charge >= 0.3 is 0 Å².